The van der Waals surface area contributed by atoms with Crippen LogP contribution >= 0.6 is 0 Å². The van der Waals surface area contributed by atoms with Gasteiger partial charge in [0.15, 0.2) is 5.60 Å². The molecule has 1 spiro atoms. The van der Waals surface area contributed by atoms with E-state index in [2.05, 4.69) is 6.58 Å². The summed E-state index contributed by atoms with van der Waals surface area (Å²) in [5.74, 6) is -0.601. The molecule has 1 heterocycles. The van der Waals surface area contributed by atoms with Crippen molar-refractivity contribution in [3.63, 3.8) is 0 Å². The number of ether oxygens (including phenoxy) is 1. The summed E-state index contributed by atoms with van der Waals surface area (Å²) in [7, 11) is 0. The molecule has 20 heavy (non-hydrogen) atoms. The molecule has 1 unspecified atom stereocenters. The summed E-state index contributed by atoms with van der Waals surface area (Å²) in [6.07, 6.45) is -2.34. The minimum atomic E-state index is -4.61. The van der Waals surface area contributed by atoms with Gasteiger partial charge >= 0.3 is 12.1 Å². The smallest absolute Gasteiger partial charge is 0.416 e. The molecule has 1 aliphatic carbocycles. The number of alkyl halides is 3. The molecule has 0 aromatic heterocycles. The highest BCUT2D eigenvalue weighted by molar-refractivity contribution is 5.90. The number of carbonyl (C=O) groups excluding carboxylic acids is 1. The van der Waals surface area contributed by atoms with Crippen LogP contribution in [0.25, 0.3) is 0 Å². The van der Waals surface area contributed by atoms with Crippen LogP contribution in [0.3, 0.4) is 0 Å². The lowest BCUT2D eigenvalue weighted by Crippen LogP contribution is -2.45. The summed E-state index contributed by atoms with van der Waals surface area (Å²) in [4.78, 5) is 11.4. The van der Waals surface area contributed by atoms with Crippen LogP contribution in [0.4, 0.5) is 13.2 Å². The van der Waals surface area contributed by atoms with Crippen molar-refractivity contribution < 1.29 is 27.8 Å². The molecule has 2 rings (SSSR count). The van der Waals surface area contributed by atoms with E-state index in [1.54, 1.807) is 0 Å². The monoisotopic (exact) mass is 292 g/mol. The fraction of sp³-hybridized carbons (Fsp3) is 0.786. The number of hydrogen-bond donors (Lipinski definition) is 1. The molecule has 1 saturated carbocycles. The number of halogens is 3. The van der Waals surface area contributed by atoms with Crippen LogP contribution in [0.5, 0.6) is 0 Å². The number of aliphatic hydroxyl groups is 1. The normalized spacial score (nSPS) is 34.1. The minimum absolute atomic E-state index is 0.204. The molecule has 0 bridgehead atoms. The fourth-order valence-electron chi connectivity index (χ4n) is 3.13. The van der Waals surface area contributed by atoms with Crippen molar-refractivity contribution in [2.45, 2.75) is 62.8 Å². The van der Waals surface area contributed by atoms with Gasteiger partial charge in [-0.05, 0) is 44.9 Å². The van der Waals surface area contributed by atoms with Crippen molar-refractivity contribution in [1.29, 1.82) is 0 Å². The average molecular weight is 292 g/mol. The first-order valence-electron chi connectivity index (χ1n) is 6.75. The van der Waals surface area contributed by atoms with E-state index in [0.717, 1.165) is 6.92 Å². The lowest BCUT2D eigenvalue weighted by Gasteiger charge is -2.38. The standard InChI is InChI=1S/C14H19F3O3/c1-9-7-13(20-11(9)18)5-3-10(4-6-13)8-12(2,19)14(15,16)17/h10,19H,1,3-8H2,2H3. The maximum atomic E-state index is 12.7. The topological polar surface area (TPSA) is 46.5 Å². The van der Waals surface area contributed by atoms with Gasteiger partial charge < -0.3 is 9.84 Å². The zero-order valence-electron chi connectivity index (χ0n) is 11.4. The SMILES string of the molecule is C=C1CC2(CCC(CC(C)(O)C(F)(F)F)CC2)OC1=O. The molecule has 114 valence electrons. The maximum absolute atomic E-state index is 12.7. The van der Waals surface area contributed by atoms with Gasteiger partial charge in [0.1, 0.15) is 5.60 Å². The Morgan fingerprint density at radius 1 is 1.40 bits per heavy atom. The van der Waals surface area contributed by atoms with E-state index in [4.69, 9.17) is 4.74 Å². The van der Waals surface area contributed by atoms with E-state index in [1.165, 1.54) is 0 Å². The predicted molar refractivity (Wildman–Crippen MR) is 65.8 cm³/mol. The number of esters is 1. The Labute approximate surface area is 115 Å². The van der Waals surface area contributed by atoms with E-state index in [1.807, 2.05) is 0 Å². The Bertz CT molecular complexity index is 400. The highest BCUT2D eigenvalue weighted by Crippen LogP contribution is 2.46. The Kier molecular flexibility index (Phi) is 3.65. The second kappa shape index (κ2) is 4.76. The molecule has 0 aromatic rings. The molecule has 0 radical (unpaired) electrons. The number of rotatable bonds is 2. The quantitative estimate of drug-likeness (QED) is 0.628. The molecule has 2 aliphatic rings. The van der Waals surface area contributed by atoms with Crippen molar-refractivity contribution in [2.75, 3.05) is 0 Å². The van der Waals surface area contributed by atoms with Gasteiger partial charge in [-0.2, -0.15) is 13.2 Å². The molecule has 6 heteroatoms. The van der Waals surface area contributed by atoms with Crippen LogP contribution in [0.2, 0.25) is 0 Å². The highest BCUT2D eigenvalue weighted by Gasteiger charge is 2.52. The fourth-order valence-corrected chi connectivity index (χ4v) is 3.13. The van der Waals surface area contributed by atoms with E-state index in [0.29, 0.717) is 37.7 Å². The highest BCUT2D eigenvalue weighted by atomic mass is 19.4. The van der Waals surface area contributed by atoms with Crippen LogP contribution in [0.1, 0.15) is 45.4 Å². The summed E-state index contributed by atoms with van der Waals surface area (Å²) >= 11 is 0. The molecule has 1 saturated heterocycles. The van der Waals surface area contributed by atoms with Crippen molar-refractivity contribution in [3.05, 3.63) is 12.2 Å². The molecule has 1 N–H and O–H groups in total. The molecule has 3 nitrogen and oxygen atoms in total. The Hall–Kier alpha value is -1.04. The predicted octanol–water partition coefficient (Wildman–Crippen LogP) is 3.12. The molecule has 1 aliphatic heterocycles. The molecular formula is C14H19F3O3. The minimum Gasteiger partial charge on any atom is -0.455 e. The number of hydrogen-bond acceptors (Lipinski definition) is 3. The summed E-state index contributed by atoms with van der Waals surface area (Å²) in [6.45, 7) is 4.45. The van der Waals surface area contributed by atoms with Gasteiger partial charge in [-0.25, -0.2) is 4.79 Å². The first kappa shape index (κ1) is 15.4. The van der Waals surface area contributed by atoms with Gasteiger partial charge in [-0.3, -0.25) is 0 Å². The summed E-state index contributed by atoms with van der Waals surface area (Å²) in [5, 5.41) is 9.52. The first-order chi connectivity index (χ1) is 9.05. The zero-order valence-corrected chi connectivity index (χ0v) is 11.4. The van der Waals surface area contributed by atoms with Gasteiger partial charge in [0, 0.05) is 12.0 Å². The van der Waals surface area contributed by atoms with Gasteiger partial charge in [0.25, 0.3) is 0 Å². The maximum Gasteiger partial charge on any atom is 0.416 e. The third-order valence-electron chi connectivity index (χ3n) is 4.45. The van der Waals surface area contributed by atoms with Crippen LogP contribution < -0.4 is 0 Å². The zero-order chi connectivity index (χ0) is 15.2. The average Bonchev–Trinajstić information content (AvgIpc) is 2.56. The van der Waals surface area contributed by atoms with E-state index >= 15 is 0 Å². The third-order valence-corrected chi connectivity index (χ3v) is 4.45. The van der Waals surface area contributed by atoms with E-state index < -0.39 is 23.3 Å². The molecule has 1 atom stereocenters. The summed E-state index contributed by atoms with van der Waals surface area (Å²) in [5.41, 5.74) is -2.78. The summed E-state index contributed by atoms with van der Waals surface area (Å²) in [6, 6.07) is 0. The molecule has 0 amide bonds. The molecular weight excluding hydrogens is 273 g/mol. The largest absolute Gasteiger partial charge is 0.455 e. The van der Waals surface area contributed by atoms with Crippen LogP contribution in [0.15, 0.2) is 12.2 Å². The molecule has 2 fully saturated rings. The Balaban J connectivity index is 1.93. The van der Waals surface area contributed by atoms with Crippen LogP contribution in [-0.2, 0) is 9.53 Å². The van der Waals surface area contributed by atoms with Crippen molar-refractivity contribution >= 4 is 5.97 Å². The third kappa shape index (κ3) is 2.85. The van der Waals surface area contributed by atoms with Gasteiger partial charge in [-0.15, -0.1) is 0 Å². The van der Waals surface area contributed by atoms with Crippen molar-refractivity contribution in [1.82, 2.24) is 0 Å². The van der Waals surface area contributed by atoms with Crippen LogP contribution in [-0.4, -0.2) is 28.5 Å². The van der Waals surface area contributed by atoms with Crippen molar-refractivity contribution in [3.8, 4) is 0 Å². The van der Waals surface area contributed by atoms with Crippen LogP contribution in [0, 0.1) is 5.92 Å². The Morgan fingerprint density at radius 2 is 1.95 bits per heavy atom. The van der Waals surface area contributed by atoms with Gasteiger partial charge in [0.05, 0.1) is 0 Å². The van der Waals surface area contributed by atoms with Crippen molar-refractivity contribution in [2.24, 2.45) is 5.92 Å². The first-order valence-corrected chi connectivity index (χ1v) is 6.75. The summed E-state index contributed by atoms with van der Waals surface area (Å²) < 4.78 is 43.3. The lowest BCUT2D eigenvalue weighted by atomic mass is 9.73. The van der Waals surface area contributed by atoms with Gasteiger partial charge in [0.2, 0.25) is 0 Å². The second-order valence-corrected chi connectivity index (χ2v) is 6.27. The number of carbonyl (C=O) groups is 1. The Morgan fingerprint density at radius 3 is 2.35 bits per heavy atom. The second-order valence-electron chi connectivity index (χ2n) is 6.27. The molecule has 0 aromatic carbocycles. The van der Waals surface area contributed by atoms with Gasteiger partial charge in [-0.1, -0.05) is 6.58 Å². The van der Waals surface area contributed by atoms with E-state index in [-0.39, 0.29) is 12.3 Å². The lowest BCUT2D eigenvalue weighted by molar-refractivity contribution is -0.259. The van der Waals surface area contributed by atoms with E-state index in [9.17, 15) is 23.1 Å².